The van der Waals surface area contributed by atoms with Gasteiger partial charge in [0.1, 0.15) is 0 Å². The summed E-state index contributed by atoms with van der Waals surface area (Å²) < 4.78 is 5.39. The van der Waals surface area contributed by atoms with Crippen LogP contribution < -0.4 is 10.6 Å². The topological polar surface area (TPSA) is 50.4 Å². The van der Waals surface area contributed by atoms with Crippen molar-refractivity contribution in [1.82, 2.24) is 10.6 Å². The Balaban J connectivity index is 0.00000225. The fourth-order valence-electron chi connectivity index (χ4n) is 2.95. The summed E-state index contributed by atoms with van der Waals surface area (Å²) in [6.45, 7) is 4.16. The molecule has 2 atom stereocenters. The molecule has 134 valence electrons. The van der Waals surface area contributed by atoms with E-state index in [1.807, 2.05) is 25.1 Å². The summed E-state index contributed by atoms with van der Waals surface area (Å²) in [7, 11) is 0. The predicted molar refractivity (Wildman–Crippen MR) is 103 cm³/mol. The van der Waals surface area contributed by atoms with Crippen LogP contribution in [0.25, 0.3) is 11.1 Å². The highest BCUT2D eigenvalue weighted by Gasteiger charge is 2.18. The summed E-state index contributed by atoms with van der Waals surface area (Å²) in [6.07, 6.45) is 0.451. The average molecular weight is 361 g/mol. The Labute approximate surface area is 155 Å². The lowest BCUT2D eigenvalue weighted by atomic mass is 10.0. The first-order valence-corrected chi connectivity index (χ1v) is 8.48. The van der Waals surface area contributed by atoms with E-state index in [-0.39, 0.29) is 30.4 Å². The Morgan fingerprint density at radius 2 is 1.84 bits per heavy atom. The number of hydrogen-bond acceptors (Lipinski definition) is 3. The van der Waals surface area contributed by atoms with Crippen molar-refractivity contribution in [3.63, 3.8) is 0 Å². The lowest BCUT2D eigenvalue weighted by molar-refractivity contribution is -0.122. The van der Waals surface area contributed by atoms with Crippen molar-refractivity contribution >= 4 is 18.3 Å². The van der Waals surface area contributed by atoms with E-state index in [0.29, 0.717) is 13.0 Å². The summed E-state index contributed by atoms with van der Waals surface area (Å²) in [5.74, 6) is 0.0534. The van der Waals surface area contributed by atoms with E-state index in [2.05, 4.69) is 47.0 Å². The van der Waals surface area contributed by atoms with Gasteiger partial charge in [0.25, 0.3) is 0 Å². The monoisotopic (exact) mass is 360 g/mol. The molecule has 2 unspecified atom stereocenters. The third kappa shape index (κ3) is 5.56. The minimum Gasteiger partial charge on any atom is -0.378 e. The Hall–Kier alpha value is -1.88. The van der Waals surface area contributed by atoms with Crippen molar-refractivity contribution in [2.75, 3.05) is 19.8 Å². The second-order valence-electron chi connectivity index (χ2n) is 6.21. The maximum absolute atomic E-state index is 12.2. The van der Waals surface area contributed by atoms with Gasteiger partial charge in [-0.3, -0.25) is 4.79 Å². The van der Waals surface area contributed by atoms with E-state index >= 15 is 0 Å². The Kier molecular flexibility index (Phi) is 7.44. The number of ether oxygens (including phenoxy) is 1. The standard InChI is InChI=1S/C20H24N2O2.ClH/c1-15(22-20(23)13-19-14-24-12-11-21-19)16-7-9-18(10-8-16)17-5-3-2-4-6-17;/h2-10,15,19,21H,11-14H2,1H3,(H,22,23);1H. The van der Waals surface area contributed by atoms with Crippen molar-refractivity contribution < 1.29 is 9.53 Å². The number of nitrogens with one attached hydrogen (secondary N) is 2. The van der Waals surface area contributed by atoms with Gasteiger partial charge in [-0.15, -0.1) is 12.4 Å². The van der Waals surface area contributed by atoms with Gasteiger partial charge in [0.05, 0.1) is 19.3 Å². The highest BCUT2D eigenvalue weighted by molar-refractivity contribution is 5.85. The van der Waals surface area contributed by atoms with Gasteiger partial charge >= 0.3 is 0 Å². The van der Waals surface area contributed by atoms with Crippen LogP contribution in [0.3, 0.4) is 0 Å². The van der Waals surface area contributed by atoms with Crippen LogP contribution in [-0.2, 0) is 9.53 Å². The van der Waals surface area contributed by atoms with Crippen molar-refractivity contribution in [2.24, 2.45) is 0 Å². The fraction of sp³-hybridized carbons (Fsp3) is 0.350. The molecule has 1 fully saturated rings. The number of carbonyl (C=O) groups is 1. The summed E-state index contributed by atoms with van der Waals surface area (Å²) in [5.41, 5.74) is 3.49. The molecule has 0 aliphatic carbocycles. The molecule has 1 heterocycles. The minimum atomic E-state index is -0.00756. The minimum absolute atomic E-state index is 0. The summed E-state index contributed by atoms with van der Waals surface area (Å²) in [4.78, 5) is 12.2. The van der Waals surface area contributed by atoms with E-state index < -0.39 is 0 Å². The molecule has 0 bridgehead atoms. The van der Waals surface area contributed by atoms with Crippen LogP contribution in [0.5, 0.6) is 0 Å². The number of rotatable bonds is 5. The molecular formula is C20H25ClN2O2. The molecule has 2 aromatic carbocycles. The van der Waals surface area contributed by atoms with Crippen LogP contribution in [0.1, 0.15) is 24.9 Å². The zero-order valence-corrected chi connectivity index (χ0v) is 15.2. The number of carbonyl (C=O) groups excluding carboxylic acids is 1. The lowest BCUT2D eigenvalue weighted by Gasteiger charge is -2.24. The first kappa shape index (κ1) is 19.4. The molecule has 0 radical (unpaired) electrons. The van der Waals surface area contributed by atoms with Crippen molar-refractivity contribution in [3.05, 3.63) is 60.2 Å². The van der Waals surface area contributed by atoms with Gasteiger partial charge in [-0.25, -0.2) is 0 Å². The van der Waals surface area contributed by atoms with Gasteiger partial charge in [0, 0.05) is 19.0 Å². The predicted octanol–water partition coefficient (Wildman–Crippen LogP) is 3.33. The smallest absolute Gasteiger partial charge is 0.222 e. The first-order valence-electron chi connectivity index (χ1n) is 8.48. The highest BCUT2D eigenvalue weighted by atomic mass is 35.5. The molecule has 0 saturated carbocycles. The molecule has 3 rings (SSSR count). The number of hydrogen-bond donors (Lipinski definition) is 2. The molecule has 4 nitrogen and oxygen atoms in total. The van der Waals surface area contributed by atoms with Crippen LogP contribution in [0.4, 0.5) is 0 Å². The van der Waals surface area contributed by atoms with Gasteiger partial charge in [-0.1, -0.05) is 54.6 Å². The van der Waals surface area contributed by atoms with Crippen molar-refractivity contribution in [2.45, 2.75) is 25.4 Å². The lowest BCUT2D eigenvalue weighted by Crippen LogP contribution is -2.44. The van der Waals surface area contributed by atoms with E-state index in [1.165, 1.54) is 11.1 Å². The first-order chi connectivity index (χ1) is 11.7. The molecule has 2 N–H and O–H groups in total. The summed E-state index contributed by atoms with van der Waals surface area (Å²) in [6, 6.07) is 18.8. The molecule has 1 aliphatic heterocycles. The Morgan fingerprint density at radius 1 is 1.16 bits per heavy atom. The zero-order chi connectivity index (χ0) is 16.8. The largest absolute Gasteiger partial charge is 0.378 e. The molecule has 1 aliphatic rings. The van der Waals surface area contributed by atoms with Gasteiger partial charge < -0.3 is 15.4 Å². The van der Waals surface area contributed by atoms with Crippen molar-refractivity contribution in [1.29, 1.82) is 0 Å². The second kappa shape index (κ2) is 9.56. The van der Waals surface area contributed by atoms with Gasteiger partial charge in [0.2, 0.25) is 5.91 Å². The third-order valence-corrected chi connectivity index (χ3v) is 4.33. The number of halogens is 1. The number of amides is 1. The molecule has 2 aromatic rings. The van der Waals surface area contributed by atoms with Gasteiger partial charge in [-0.05, 0) is 23.6 Å². The normalized spacial score (nSPS) is 18.0. The zero-order valence-electron chi connectivity index (χ0n) is 14.4. The van der Waals surface area contributed by atoms with Crippen LogP contribution in [0.2, 0.25) is 0 Å². The maximum Gasteiger partial charge on any atom is 0.222 e. The SMILES string of the molecule is CC(NC(=O)CC1COCCN1)c1ccc(-c2ccccc2)cc1.Cl. The number of morpholine rings is 1. The summed E-state index contributed by atoms with van der Waals surface area (Å²) >= 11 is 0. The van der Waals surface area contributed by atoms with Crippen LogP contribution in [0, 0.1) is 0 Å². The fourth-order valence-corrected chi connectivity index (χ4v) is 2.95. The Bertz CT molecular complexity index is 655. The molecule has 25 heavy (non-hydrogen) atoms. The quantitative estimate of drug-likeness (QED) is 0.859. The molecule has 0 aromatic heterocycles. The van der Waals surface area contributed by atoms with Crippen LogP contribution in [0.15, 0.2) is 54.6 Å². The maximum atomic E-state index is 12.2. The second-order valence-corrected chi connectivity index (χ2v) is 6.21. The van der Waals surface area contributed by atoms with E-state index in [1.54, 1.807) is 0 Å². The molecule has 1 saturated heterocycles. The van der Waals surface area contributed by atoms with E-state index in [9.17, 15) is 4.79 Å². The van der Waals surface area contributed by atoms with E-state index in [0.717, 1.165) is 18.7 Å². The molecular weight excluding hydrogens is 336 g/mol. The van der Waals surface area contributed by atoms with E-state index in [4.69, 9.17) is 4.74 Å². The molecule has 0 spiro atoms. The average Bonchev–Trinajstić information content (AvgIpc) is 2.63. The van der Waals surface area contributed by atoms with Crippen molar-refractivity contribution in [3.8, 4) is 11.1 Å². The van der Waals surface area contributed by atoms with Crippen LogP contribution >= 0.6 is 12.4 Å². The highest BCUT2D eigenvalue weighted by Crippen LogP contribution is 2.21. The Morgan fingerprint density at radius 3 is 2.48 bits per heavy atom. The molecule has 5 heteroatoms. The van der Waals surface area contributed by atoms with Gasteiger partial charge in [0.15, 0.2) is 0 Å². The van der Waals surface area contributed by atoms with Crippen LogP contribution in [-0.4, -0.2) is 31.7 Å². The number of benzene rings is 2. The van der Waals surface area contributed by atoms with Gasteiger partial charge in [-0.2, -0.15) is 0 Å². The molecule has 1 amide bonds. The third-order valence-electron chi connectivity index (χ3n) is 4.33. The summed E-state index contributed by atoms with van der Waals surface area (Å²) in [5, 5.41) is 6.37.